The molecule has 1 aromatic rings. The van der Waals surface area contributed by atoms with Gasteiger partial charge in [0.2, 0.25) is 0 Å². The van der Waals surface area contributed by atoms with E-state index in [2.05, 4.69) is 17.3 Å². The minimum absolute atomic E-state index is 0.100. The summed E-state index contributed by atoms with van der Waals surface area (Å²) in [5, 5.41) is 3.24. The van der Waals surface area contributed by atoms with Gasteiger partial charge in [0.25, 0.3) is 0 Å². The van der Waals surface area contributed by atoms with Gasteiger partial charge in [0.05, 0.1) is 0 Å². The third-order valence-corrected chi connectivity index (χ3v) is 3.75. The zero-order valence-electron chi connectivity index (χ0n) is 8.17. The Morgan fingerprint density at radius 3 is 2.92 bits per heavy atom. The molecule has 1 fully saturated rings. The highest BCUT2D eigenvalue weighted by molar-refractivity contribution is 7.09. The number of rotatable bonds is 1. The van der Waals surface area contributed by atoms with Crippen LogP contribution in [0.3, 0.4) is 0 Å². The topological polar surface area (TPSA) is 22.1 Å². The van der Waals surface area contributed by atoms with Gasteiger partial charge in [-0.2, -0.15) is 0 Å². The number of hydrogen-bond acceptors (Lipinski definition) is 3. The van der Waals surface area contributed by atoms with Crippen LogP contribution in [0.4, 0.5) is 0 Å². The second-order valence-electron chi connectivity index (χ2n) is 3.83. The average molecular weight is 197 g/mol. The molecule has 0 amide bonds. The maximum absolute atomic E-state index is 5.81. The van der Waals surface area contributed by atoms with Gasteiger partial charge in [-0.3, -0.25) is 0 Å². The van der Waals surface area contributed by atoms with Crippen LogP contribution in [0.5, 0.6) is 0 Å². The third-order valence-electron chi connectivity index (χ3n) is 2.54. The normalized spacial score (nSPS) is 29.1. The average Bonchev–Trinajstić information content (AvgIpc) is 2.54. The SMILES string of the molecule is Cc1csc(C2(C)CCCCO2)n1. The Morgan fingerprint density at radius 2 is 2.38 bits per heavy atom. The molecular weight excluding hydrogens is 182 g/mol. The minimum Gasteiger partial charge on any atom is -0.368 e. The van der Waals surface area contributed by atoms with Crippen molar-refractivity contribution in [2.75, 3.05) is 6.61 Å². The van der Waals surface area contributed by atoms with Crippen LogP contribution < -0.4 is 0 Å². The van der Waals surface area contributed by atoms with Crippen molar-refractivity contribution >= 4 is 11.3 Å². The van der Waals surface area contributed by atoms with E-state index in [4.69, 9.17) is 4.74 Å². The molecule has 1 atom stereocenters. The molecule has 0 aromatic carbocycles. The second kappa shape index (κ2) is 3.39. The Balaban J connectivity index is 2.22. The van der Waals surface area contributed by atoms with Crippen molar-refractivity contribution in [3.8, 4) is 0 Å². The van der Waals surface area contributed by atoms with E-state index in [0.717, 1.165) is 23.7 Å². The summed E-state index contributed by atoms with van der Waals surface area (Å²) in [4.78, 5) is 4.50. The predicted octanol–water partition coefficient (Wildman–Crippen LogP) is 2.87. The summed E-state index contributed by atoms with van der Waals surface area (Å²) in [5.41, 5.74) is 1.01. The fourth-order valence-electron chi connectivity index (χ4n) is 1.70. The van der Waals surface area contributed by atoms with Crippen molar-refractivity contribution in [3.05, 3.63) is 16.1 Å². The van der Waals surface area contributed by atoms with Crippen LogP contribution in [0.15, 0.2) is 5.38 Å². The maximum atomic E-state index is 5.81. The predicted molar refractivity (Wildman–Crippen MR) is 54.0 cm³/mol. The van der Waals surface area contributed by atoms with Gasteiger partial charge >= 0.3 is 0 Å². The lowest BCUT2D eigenvalue weighted by molar-refractivity contribution is -0.0702. The first kappa shape index (κ1) is 9.16. The van der Waals surface area contributed by atoms with Crippen molar-refractivity contribution in [2.24, 2.45) is 0 Å². The van der Waals surface area contributed by atoms with Crippen molar-refractivity contribution in [3.63, 3.8) is 0 Å². The summed E-state index contributed by atoms with van der Waals surface area (Å²) in [5.74, 6) is 0. The van der Waals surface area contributed by atoms with Crippen molar-refractivity contribution in [1.29, 1.82) is 0 Å². The number of ether oxygens (including phenoxy) is 1. The lowest BCUT2D eigenvalue weighted by Crippen LogP contribution is -2.29. The van der Waals surface area contributed by atoms with Gasteiger partial charge in [0, 0.05) is 17.7 Å². The molecule has 3 heteroatoms. The van der Waals surface area contributed by atoms with E-state index in [9.17, 15) is 0 Å². The zero-order valence-corrected chi connectivity index (χ0v) is 8.99. The van der Waals surface area contributed by atoms with Crippen molar-refractivity contribution in [1.82, 2.24) is 4.98 Å². The summed E-state index contributed by atoms with van der Waals surface area (Å²) >= 11 is 1.72. The van der Waals surface area contributed by atoms with Crippen molar-refractivity contribution in [2.45, 2.75) is 38.7 Å². The lowest BCUT2D eigenvalue weighted by atomic mass is 9.97. The molecule has 2 nitrogen and oxygen atoms in total. The smallest absolute Gasteiger partial charge is 0.125 e. The van der Waals surface area contributed by atoms with Crippen molar-refractivity contribution < 1.29 is 4.74 Å². The fourth-order valence-corrected chi connectivity index (χ4v) is 2.64. The van der Waals surface area contributed by atoms with Gasteiger partial charge in [-0.15, -0.1) is 11.3 Å². The summed E-state index contributed by atoms with van der Waals surface area (Å²) in [6, 6.07) is 0. The first-order chi connectivity index (χ1) is 6.21. The van der Waals surface area contributed by atoms with E-state index in [1.165, 1.54) is 12.8 Å². The van der Waals surface area contributed by atoms with Crippen LogP contribution >= 0.6 is 11.3 Å². The molecule has 1 aliphatic heterocycles. The van der Waals surface area contributed by atoms with Crippen LogP contribution in [0.2, 0.25) is 0 Å². The molecule has 2 rings (SSSR count). The van der Waals surface area contributed by atoms with E-state index in [1.54, 1.807) is 11.3 Å². The summed E-state index contributed by atoms with van der Waals surface area (Å²) in [6.45, 7) is 5.08. The number of aromatic nitrogens is 1. The quantitative estimate of drug-likeness (QED) is 0.690. The molecule has 1 aromatic heterocycles. The molecule has 1 saturated heterocycles. The highest BCUT2D eigenvalue weighted by Gasteiger charge is 2.32. The van der Waals surface area contributed by atoms with Gasteiger partial charge in [-0.05, 0) is 33.1 Å². The molecule has 13 heavy (non-hydrogen) atoms. The molecule has 2 heterocycles. The van der Waals surface area contributed by atoms with E-state index < -0.39 is 0 Å². The van der Waals surface area contributed by atoms with Crippen LogP contribution in [0.1, 0.15) is 36.9 Å². The number of hydrogen-bond donors (Lipinski definition) is 0. The second-order valence-corrected chi connectivity index (χ2v) is 4.69. The Morgan fingerprint density at radius 1 is 1.54 bits per heavy atom. The summed E-state index contributed by atoms with van der Waals surface area (Å²) in [6.07, 6.45) is 3.56. The molecule has 0 N–H and O–H groups in total. The van der Waals surface area contributed by atoms with Crippen LogP contribution in [0.25, 0.3) is 0 Å². The van der Waals surface area contributed by atoms with E-state index in [-0.39, 0.29) is 5.60 Å². The largest absolute Gasteiger partial charge is 0.368 e. The minimum atomic E-state index is -0.100. The monoisotopic (exact) mass is 197 g/mol. The molecular formula is C10H15NOS. The van der Waals surface area contributed by atoms with Gasteiger partial charge in [0.1, 0.15) is 10.6 Å². The van der Waals surface area contributed by atoms with E-state index in [1.807, 2.05) is 6.92 Å². The molecule has 0 aliphatic carbocycles. The number of thiazole rings is 1. The Hall–Kier alpha value is -0.410. The molecule has 1 unspecified atom stereocenters. The standard InChI is InChI=1S/C10H15NOS/c1-8-7-13-9(11-8)10(2)5-3-4-6-12-10/h7H,3-6H2,1-2H3. The highest BCUT2D eigenvalue weighted by Crippen LogP contribution is 2.35. The zero-order chi connectivity index (χ0) is 9.31. The van der Waals surface area contributed by atoms with Crippen LogP contribution in [-0.4, -0.2) is 11.6 Å². The Labute approximate surface area is 83.0 Å². The first-order valence-corrected chi connectivity index (χ1v) is 5.65. The molecule has 0 radical (unpaired) electrons. The van der Waals surface area contributed by atoms with Gasteiger partial charge in [-0.1, -0.05) is 0 Å². The van der Waals surface area contributed by atoms with Gasteiger partial charge in [-0.25, -0.2) is 4.98 Å². The van der Waals surface area contributed by atoms with Crippen LogP contribution in [0, 0.1) is 6.92 Å². The van der Waals surface area contributed by atoms with Gasteiger partial charge < -0.3 is 4.74 Å². The molecule has 72 valence electrons. The maximum Gasteiger partial charge on any atom is 0.125 e. The molecule has 0 saturated carbocycles. The third kappa shape index (κ3) is 1.76. The van der Waals surface area contributed by atoms with E-state index in [0.29, 0.717) is 0 Å². The Kier molecular flexibility index (Phi) is 2.39. The highest BCUT2D eigenvalue weighted by atomic mass is 32.1. The molecule has 0 spiro atoms. The summed E-state index contributed by atoms with van der Waals surface area (Å²) < 4.78 is 5.81. The number of aryl methyl sites for hydroxylation is 1. The fraction of sp³-hybridized carbons (Fsp3) is 0.700. The van der Waals surface area contributed by atoms with Gasteiger partial charge in [0.15, 0.2) is 0 Å². The number of nitrogens with zero attached hydrogens (tertiary/aromatic N) is 1. The molecule has 1 aliphatic rings. The molecule has 0 bridgehead atoms. The van der Waals surface area contributed by atoms with Crippen LogP contribution in [-0.2, 0) is 10.3 Å². The summed E-state index contributed by atoms with van der Waals surface area (Å²) in [7, 11) is 0. The van der Waals surface area contributed by atoms with E-state index >= 15 is 0 Å². The Bertz CT molecular complexity index is 289. The first-order valence-electron chi connectivity index (χ1n) is 4.77. The lowest BCUT2D eigenvalue weighted by Gasteiger charge is -2.31.